The van der Waals surface area contributed by atoms with Crippen LogP contribution in [-0.2, 0) is 4.74 Å². The molecule has 0 bridgehead atoms. The van der Waals surface area contributed by atoms with E-state index in [4.69, 9.17) is 4.74 Å². The number of para-hydroxylation sites is 1. The standard InChI is InChI=1S/C22H26N2O3/c25-18-14-17(15-18)21(16-6-2-1-3-7-16)23-22(26)19-8-4-5-9-20(19)24-10-12-27-13-11-24/h1-9,17-18,21,25H,10-15H2,(H,23,26)/t17?,18?,21-/m1/s1. The minimum Gasteiger partial charge on any atom is -0.393 e. The molecule has 1 atom stereocenters. The molecule has 1 aliphatic carbocycles. The number of nitrogens with zero attached hydrogens (tertiary/aromatic N) is 1. The average molecular weight is 366 g/mol. The summed E-state index contributed by atoms with van der Waals surface area (Å²) in [6.07, 6.45) is 1.20. The Morgan fingerprint density at radius 2 is 1.70 bits per heavy atom. The molecular weight excluding hydrogens is 340 g/mol. The minimum atomic E-state index is -0.251. The van der Waals surface area contributed by atoms with Crippen molar-refractivity contribution in [3.8, 4) is 0 Å². The number of anilines is 1. The molecule has 5 heteroatoms. The maximum atomic E-state index is 13.2. The largest absolute Gasteiger partial charge is 0.393 e. The van der Waals surface area contributed by atoms with Crippen LogP contribution < -0.4 is 10.2 Å². The number of ether oxygens (including phenoxy) is 1. The fourth-order valence-electron chi connectivity index (χ4n) is 4.00. The van der Waals surface area contributed by atoms with Crippen LogP contribution >= 0.6 is 0 Å². The Morgan fingerprint density at radius 3 is 2.41 bits per heavy atom. The summed E-state index contributed by atoms with van der Waals surface area (Å²) in [7, 11) is 0. The molecular formula is C22H26N2O3. The molecule has 1 saturated carbocycles. The van der Waals surface area contributed by atoms with Gasteiger partial charge in [0, 0.05) is 18.8 Å². The second kappa shape index (κ2) is 8.11. The van der Waals surface area contributed by atoms with Gasteiger partial charge < -0.3 is 20.1 Å². The van der Waals surface area contributed by atoms with Crippen molar-refractivity contribution in [3.63, 3.8) is 0 Å². The Bertz CT molecular complexity index is 768. The zero-order valence-corrected chi connectivity index (χ0v) is 15.4. The summed E-state index contributed by atoms with van der Waals surface area (Å²) in [5.74, 6) is 0.203. The quantitative estimate of drug-likeness (QED) is 0.854. The van der Waals surface area contributed by atoms with Crippen molar-refractivity contribution >= 4 is 11.6 Å². The molecule has 142 valence electrons. The first-order valence-electron chi connectivity index (χ1n) is 9.68. The second-order valence-electron chi connectivity index (χ2n) is 7.36. The summed E-state index contributed by atoms with van der Waals surface area (Å²) in [6, 6.07) is 17.7. The highest BCUT2D eigenvalue weighted by Crippen LogP contribution is 2.38. The van der Waals surface area contributed by atoms with Crippen LogP contribution in [0.5, 0.6) is 0 Å². The summed E-state index contributed by atoms with van der Waals surface area (Å²) in [5, 5.41) is 13.0. The van der Waals surface area contributed by atoms with Gasteiger partial charge in [0.1, 0.15) is 0 Å². The summed E-state index contributed by atoms with van der Waals surface area (Å²) < 4.78 is 5.44. The third-order valence-corrected chi connectivity index (χ3v) is 5.57. The smallest absolute Gasteiger partial charge is 0.253 e. The number of rotatable bonds is 5. The zero-order valence-electron chi connectivity index (χ0n) is 15.4. The van der Waals surface area contributed by atoms with Crippen LogP contribution in [-0.4, -0.2) is 43.4 Å². The van der Waals surface area contributed by atoms with Crippen LogP contribution in [0.3, 0.4) is 0 Å². The Labute approximate surface area is 160 Å². The summed E-state index contributed by atoms with van der Waals surface area (Å²) in [6.45, 7) is 2.95. The average Bonchev–Trinajstić information content (AvgIpc) is 2.71. The van der Waals surface area contributed by atoms with E-state index in [-0.39, 0.29) is 24.0 Å². The van der Waals surface area contributed by atoms with E-state index in [0.29, 0.717) is 18.8 Å². The van der Waals surface area contributed by atoms with Crippen molar-refractivity contribution in [1.29, 1.82) is 0 Å². The maximum Gasteiger partial charge on any atom is 0.253 e. The van der Waals surface area contributed by atoms with Gasteiger partial charge in [0.2, 0.25) is 0 Å². The molecule has 1 heterocycles. The van der Waals surface area contributed by atoms with Gasteiger partial charge >= 0.3 is 0 Å². The number of benzene rings is 2. The number of hydrogen-bond donors (Lipinski definition) is 2. The molecule has 1 saturated heterocycles. The van der Waals surface area contributed by atoms with Crippen molar-refractivity contribution < 1.29 is 14.6 Å². The van der Waals surface area contributed by atoms with Gasteiger partial charge in [0.05, 0.1) is 30.9 Å². The van der Waals surface area contributed by atoms with E-state index < -0.39 is 0 Å². The molecule has 27 heavy (non-hydrogen) atoms. The van der Waals surface area contributed by atoms with Crippen LogP contribution in [0.1, 0.15) is 34.8 Å². The van der Waals surface area contributed by atoms with E-state index in [1.54, 1.807) is 0 Å². The molecule has 1 aliphatic heterocycles. The van der Waals surface area contributed by atoms with E-state index in [1.807, 2.05) is 54.6 Å². The molecule has 2 aromatic rings. The van der Waals surface area contributed by atoms with Crippen molar-refractivity contribution in [2.24, 2.45) is 5.92 Å². The first-order valence-corrected chi connectivity index (χ1v) is 9.68. The molecule has 0 unspecified atom stereocenters. The van der Waals surface area contributed by atoms with Gasteiger partial charge in [-0.2, -0.15) is 0 Å². The minimum absolute atomic E-state index is 0.0627. The molecule has 0 aromatic heterocycles. The van der Waals surface area contributed by atoms with Crippen molar-refractivity contribution in [3.05, 3.63) is 65.7 Å². The van der Waals surface area contributed by atoms with Crippen LogP contribution in [0.25, 0.3) is 0 Å². The van der Waals surface area contributed by atoms with Crippen molar-refractivity contribution in [2.75, 3.05) is 31.2 Å². The van der Waals surface area contributed by atoms with E-state index in [1.165, 1.54) is 0 Å². The molecule has 0 spiro atoms. The highest BCUT2D eigenvalue weighted by atomic mass is 16.5. The molecule has 1 amide bonds. The number of morpholine rings is 1. The van der Waals surface area contributed by atoms with Gasteiger partial charge in [-0.05, 0) is 36.5 Å². The molecule has 2 N–H and O–H groups in total. The van der Waals surface area contributed by atoms with Gasteiger partial charge in [0.25, 0.3) is 5.91 Å². The number of carbonyl (C=O) groups excluding carboxylic acids is 1. The lowest BCUT2D eigenvalue weighted by atomic mass is 9.75. The second-order valence-corrected chi connectivity index (χ2v) is 7.36. The number of aliphatic hydroxyl groups is 1. The lowest BCUT2D eigenvalue weighted by Gasteiger charge is -2.38. The Balaban J connectivity index is 1.56. The van der Waals surface area contributed by atoms with Gasteiger partial charge in [-0.1, -0.05) is 42.5 Å². The lowest BCUT2D eigenvalue weighted by Crippen LogP contribution is -2.42. The van der Waals surface area contributed by atoms with Crippen LogP contribution in [0.15, 0.2) is 54.6 Å². The Kier molecular flexibility index (Phi) is 5.41. The van der Waals surface area contributed by atoms with E-state index >= 15 is 0 Å². The van der Waals surface area contributed by atoms with E-state index in [0.717, 1.165) is 37.2 Å². The normalized spacial score (nSPS) is 23.4. The summed E-state index contributed by atoms with van der Waals surface area (Å²) in [5.41, 5.74) is 2.74. The third kappa shape index (κ3) is 3.99. The van der Waals surface area contributed by atoms with Crippen molar-refractivity contribution in [2.45, 2.75) is 25.0 Å². The third-order valence-electron chi connectivity index (χ3n) is 5.57. The highest BCUT2D eigenvalue weighted by molar-refractivity contribution is 6.00. The molecule has 2 aliphatic rings. The van der Waals surface area contributed by atoms with Gasteiger partial charge in [-0.15, -0.1) is 0 Å². The number of amides is 1. The summed E-state index contributed by atoms with van der Waals surface area (Å²) in [4.78, 5) is 15.4. The zero-order chi connectivity index (χ0) is 18.6. The van der Waals surface area contributed by atoms with Gasteiger partial charge in [-0.3, -0.25) is 4.79 Å². The molecule has 2 fully saturated rings. The summed E-state index contributed by atoms with van der Waals surface area (Å²) >= 11 is 0. The number of aliphatic hydroxyl groups excluding tert-OH is 1. The Morgan fingerprint density at radius 1 is 1.04 bits per heavy atom. The topological polar surface area (TPSA) is 61.8 Å². The predicted octanol–water partition coefficient (Wildman–Crippen LogP) is 2.77. The van der Waals surface area contributed by atoms with E-state index in [9.17, 15) is 9.90 Å². The number of hydrogen-bond acceptors (Lipinski definition) is 4. The maximum absolute atomic E-state index is 13.2. The highest BCUT2D eigenvalue weighted by Gasteiger charge is 2.36. The van der Waals surface area contributed by atoms with Gasteiger partial charge in [-0.25, -0.2) is 0 Å². The fraction of sp³-hybridized carbons (Fsp3) is 0.409. The molecule has 0 radical (unpaired) electrons. The molecule has 4 rings (SSSR count). The number of carbonyl (C=O) groups is 1. The van der Waals surface area contributed by atoms with E-state index in [2.05, 4.69) is 10.2 Å². The van der Waals surface area contributed by atoms with Crippen LogP contribution in [0, 0.1) is 5.92 Å². The molecule has 2 aromatic carbocycles. The SMILES string of the molecule is O=C(N[C@H](c1ccccc1)C1CC(O)C1)c1ccccc1N1CCOCC1. The first-order chi connectivity index (χ1) is 13.2. The van der Waals surface area contributed by atoms with Crippen molar-refractivity contribution in [1.82, 2.24) is 5.32 Å². The number of nitrogens with one attached hydrogen (secondary N) is 1. The Hall–Kier alpha value is -2.37. The fourth-order valence-corrected chi connectivity index (χ4v) is 4.00. The monoisotopic (exact) mass is 366 g/mol. The first kappa shape index (κ1) is 18.0. The lowest BCUT2D eigenvalue weighted by molar-refractivity contribution is 0.0235. The predicted molar refractivity (Wildman–Crippen MR) is 105 cm³/mol. The van der Waals surface area contributed by atoms with Gasteiger partial charge in [0.15, 0.2) is 0 Å². The van der Waals surface area contributed by atoms with Crippen LogP contribution in [0.2, 0.25) is 0 Å². The molecule has 5 nitrogen and oxygen atoms in total. The van der Waals surface area contributed by atoms with Crippen LogP contribution in [0.4, 0.5) is 5.69 Å².